The van der Waals surface area contributed by atoms with Gasteiger partial charge in [-0.05, 0) is 12.0 Å². The average Bonchev–Trinajstić information content (AvgIpc) is 2.65. The Balaban J connectivity index is 2.13. The minimum Gasteiger partial charge on any atom is -0.507 e. The Hall–Kier alpha value is -3.08. The Bertz CT molecular complexity index is 1020. The zero-order chi connectivity index (χ0) is 19.4. The lowest BCUT2D eigenvalue weighted by molar-refractivity contribution is 0.0974. The molecule has 0 amide bonds. The summed E-state index contributed by atoms with van der Waals surface area (Å²) in [4.78, 5) is 24.5. The smallest absolute Gasteiger partial charge is 0.336 e. The first-order valence-corrected chi connectivity index (χ1v) is 9.14. The number of carbonyl (C=O) groups excluding carboxylic acids is 1. The summed E-state index contributed by atoms with van der Waals surface area (Å²) in [6, 6.07) is 11.6. The quantitative estimate of drug-likeness (QED) is 0.348. The van der Waals surface area contributed by atoms with Crippen molar-refractivity contribution in [2.24, 2.45) is 0 Å². The van der Waals surface area contributed by atoms with Gasteiger partial charge in [0.1, 0.15) is 22.6 Å². The van der Waals surface area contributed by atoms with E-state index in [1.807, 2.05) is 18.2 Å². The Labute approximate surface area is 156 Å². The van der Waals surface area contributed by atoms with Crippen LogP contribution in [0.3, 0.4) is 0 Å². The van der Waals surface area contributed by atoms with Gasteiger partial charge in [-0.15, -0.1) is 0 Å². The molecule has 0 saturated carbocycles. The van der Waals surface area contributed by atoms with Crippen molar-refractivity contribution < 1.29 is 19.4 Å². The molecule has 0 saturated heterocycles. The van der Waals surface area contributed by atoms with Crippen LogP contribution in [-0.4, -0.2) is 16.0 Å². The van der Waals surface area contributed by atoms with Gasteiger partial charge >= 0.3 is 5.63 Å². The molecule has 0 aliphatic heterocycles. The van der Waals surface area contributed by atoms with Crippen molar-refractivity contribution in [3.8, 4) is 22.6 Å². The number of ketones is 1. The van der Waals surface area contributed by atoms with E-state index >= 15 is 0 Å². The van der Waals surface area contributed by atoms with Crippen molar-refractivity contribution in [1.29, 1.82) is 0 Å². The molecule has 2 aromatic carbocycles. The number of hydrogen-bond donors (Lipinski definition) is 2. The van der Waals surface area contributed by atoms with Crippen LogP contribution in [0.2, 0.25) is 0 Å². The predicted molar refractivity (Wildman–Crippen MR) is 104 cm³/mol. The summed E-state index contributed by atoms with van der Waals surface area (Å²) in [6.45, 7) is 2.09. The SMILES string of the molecule is CCCCCCC(=O)c1c(O)cc2oc(=O)cc(-c3ccccc3)c2c1O. The van der Waals surface area contributed by atoms with E-state index < -0.39 is 5.63 Å². The number of benzene rings is 2. The van der Waals surface area contributed by atoms with Gasteiger partial charge in [-0.3, -0.25) is 4.79 Å². The third-order valence-electron chi connectivity index (χ3n) is 4.61. The number of Topliss-reactive ketones (excluding diaryl/α,β-unsaturated/α-hetero) is 1. The number of unbranched alkanes of at least 4 members (excludes halogenated alkanes) is 3. The van der Waals surface area contributed by atoms with Crippen molar-refractivity contribution in [1.82, 2.24) is 0 Å². The lowest BCUT2D eigenvalue weighted by Gasteiger charge is -2.12. The molecule has 0 aliphatic carbocycles. The second-order valence-electron chi connectivity index (χ2n) is 6.57. The zero-order valence-electron chi connectivity index (χ0n) is 15.2. The van der Waals surface area contributed by atoms with Crippen molar-refractivity contribution in [2.45, 2.75) is 39.0 Å². The van der Waals surface area contributed by atoms with E-state index in [2.05, 4.69) is 6.92 Å². The van der Waals surface area contributed by atoms with E-state index in [9.17, 15) is 19.8 Å². The van der Waals surface area contributed by atoms with Crippen LogP contribution in [0.15, 0.2) is 51.7 Å². The van der Waals surface area contributed by atoms with E-state index in [1.165, 1.54) is 12.1 Å². The average molecular weight is 366 g/mol. The third kappa shape index (κ3) is 3.87. The van der Waals surface area contributed by atoms with Gasteiger partial charge in [-0.25, -0.2) is 4.79 Å². The topological polar surface area (TPSA) is 87.7 Å². The monoisotopic (exact) mass is 366 g/mol. The number of carbonyl (C=O) groups is 1. The van der Waals surface area contributed by atoms with Gasteiger partial charge in [0, 0.05) is 24.1 Å². The number of phenolic OH excluding ortho intramolecular Hbond substituents is 2. The molecular weight excluding hydrogens is 344 g/mol. The van der Waals surface area contributed by atoms with Crippen molar-refractivity contribution in [3.05, 3.63) is 58.4 Å². The van der Waals surface area contributed by atoms with Crippen molar-refractivity contribution in [2.75, 3.05) is 0 Å². The van der Waals surface area contributed by atoms with Gasteiger partial charge in [0.2, 0.25) is 0 Å². The van der Waals surface area contributed by atoms with E-state index in [-0.39, 0.29) is 40.2 Å². The summed E-state index contributed by atoms with van der Waals surface area (Å²) >= 11 is 0. The molecular formula is C22H22O5. The van der Waals surface area contributed by atoms with E-state index in [0.29, 0.717) is 17.5 Å². The molecule has 0 spiro atoms. The molecule has 0 radical (unpaired) electrons. The third-order valence-corrected chi connectivity index (χ3v) is 4.61. The van der Waals surface area contributed by atoms with Crippen LogP contribution in [0.25, 0.3) is 22.1 Å². The predicted octanol–water partition coefficient (Wildman–Crippen LogP) is 5.02. The summed E-state index contributed by atoms with van der Waals surface area (Å²) in [5.74, 6) is -1.06. The Kier molecular flexibility index (Phi) is 5.60. The molecule has 140 valence electrons. The highest BCUT2D eigenvalue weighted by Gasteiger charge is 2.23. The number of fused-ring (bicyclic) bond motifs is 1. The maximum Gasteiger partial charge on any atom is 0.336 e. The number of phenols is 2. The molecule has 0 bridgehead atoms. The molecule has 27 heavy (non-hydrogen) atoms. The summed E-state index contributed by atoms with van der Waals surface area (Å²) in [6.07, 6.45) is 3.94. The van der Waals surface area contributed by atoms with E-state index in [1.54, 1.807) is 12.1 Å². The molecule has 0 atom stereocenters. The molecule has 5 heteroatoms. The minimum absolute atomic E-state index is 0.0406. The molecule has 0 fully saturated rings. The Morgan fingerprint density at radius 2 is 1.78 bits per heavy atom. The number of hydrogen-bond acceptors (Lipinski definition) is 5. The van der Waals surface area contributed by atoms with Gasteiger partial charge < -0.3 is 14.6 Å². The molecule has 2 N–H and O–H groups in total. The summed E-state index contributed by atoms with van der Waals surface area (Å²) in [5.41, 5.74) is 0.486. The molecule has 1 heterocycles. The van der Waals surface area contributed by atoms with Crippen LogP contribution in [0, 0.1) is 0 Å². The molecule has 1 aromatic heterocycles. The standard InChI is InChI=1S/C22H22O5/c1-2-3-4-8-11-16(23)21-17(24)13-18-20(22(21)26)15(12-19(25)27-18)14-9-6-5-7-10-14/h5-7,9-10,12-13,24,26H,2-4,8,11H2,1H3. The van der Waals surface area contributed by atoms with Gasteiger partial charge in [0.25, 0.3) is 0 Å². The maximum atomic E-state index is 12.6. The second-order valence-corrected chi connectivity index (χ2v) is 6.57. The summed E-state index contributed by atoms with van der Waals surface area (Å²) in [5, 5.41) is 21.3. The van der Waals surface area contributed by atoms with Gasteiger partial charge in [-0.1, -0.05) is 56.5 Å². The molecule has 3 aromatic rings. The molecule has 5 nitrogen and oxygen atoms in total. The fourth-order valence-electron chi connectivity index (χ4n) is 3.26. The first kappa shape index (κ1) is 18.7. The fourth-order valence-corrected chi connectivity index (χ4v) is 3.26. The lowest BCUT2D eigenvalue weighted by Crippen LogP contribution is -2.03. The Morgan fingerprint density at radius 3 is 2.48 bits per heavy atom. The Morgan fingerprint density at radius 1 is 1.04 bits per heavy atom. The van der Waals surface area contributed by atoms with Gasteiger partial charge in [0.15, 0.2) is 5.78 Å². The largest absolute Gasteiger partial charge is 0.507 e. The van der Waals surface area contributed by atoms with E-state index in [0.717, 1.165) is 19.3 Å². The van der Waals surface area contributed by atoms with Crippen LogP contribution in [0.4, 0.5) is 0 Å². The van der Waals surface area contributed by atoms with E-state index in [4.69, 9.17) is 4.42 Å². The van der Waals surface area contributed by atoms with Crippen LogP contribution in [0.1, 0.15) is 49.4 Å². The second kappa shape index (κ2) is 8.08. The van der Waals surface area contributed by atoms with Crippen molar-refractivity contribution in [3.63, 3.8) is 0 Å². The first-order valence-electron chi connectivity index (χ1n) is 9.14. The summed E-state index contributed by atoms with van der Waals surface area (Å²) < 4.78 is 5.15. The van der Waals surface area contributed by atoms with Crippen molar-refractivity contribution >= 4 is 16.8 Å². The molecule has 0 aliphatic rings. The van der Waals surface area contributed by atoms with Crippen LogP contribution in [0.5, 0.6) is 11.5 Å². The fraction of sp³-hybridized carbons (Fsp3) is 0.273. The normalized spacial score (nSPS) is 11.0. The molecule has 3 rings (SSSR count). The minimum atomic E-state index is -0.598. The highest BCUT2D eigenvalue weighted by Crippen LogP contribution is 2.40. The molecule has 0 unspecified atom stereocenters. The lowest BCUT2D eigenvalue weighted by atomic mass is 9.96. The maximum absolute atomic E-state index is 12.6. The van der Waals surface area contributed by atoms with Crippen LogP contribution in [-0.2, 0) is 0 Å². The van der Waals surface area contributed by atoms with Gasteiger partial charge in [-0.2, -0.15) is 0 Å². The van der Waals surface area contributed by atoms with Crippen LogP contribution >= 0.6 is 0 Å². The highest BCUT2D eigenvalue weighted by atomic mass is 16.4. The van der Waals surface area contributed by atoms with Gasteiger partial charge in [0.05, 0.1) is 5.39 Å². The number of rotatable bonds is 7. The first-order chi connectivity index (χ1) is 13.0. The highest BCUT2D eigenvalue weighted by molar-refractivity contribution is 6.09. The van der Waals surface area contributed by atoms with Crippen LogP contribution < -0.4 is 5.63 Å². The zero-order valence-corrected chi connectivity index (χ0v) is 15.2. The summed E-state index contributed by atoms with van der Waals surface area (Å²) in [7, 11) is 0. The number of aromatic hydroxyl groups is 2.